The normalized spacial score (nSPS) is 12.0. The van der Waals surface area contributed by atoms with Gasteiger partial charge in [0.25, 0.3) is 0 Å². The van der Waals surface area contributed by atoms with Gasteiger partial charge in [-0.05, 0) is 12.8 Å². The van der Waals surface area contributed by atoms with Crippen molar-refractivity contribution in [2.45, 2.75) is 25.3 Å². The van der Waals surface area contributed by atoms with Crippen molar-refractivity contribution in [2.24, 2.45) is 5.73 Å². The van der Waals surface area contributed by atoms with E-state index in [1.807, 2.05) is 0 Å². The van der Waals surface area contributed by atoms with Crippen molar-refractivity contribution in [2.75, 3.05) is 6.61 Å². The maximum absolute atomic E-state index is 13.3. The minimum atomic E-state index is -1.76. The first-order valence-electron chi connectivity index (χ1n) is 6.20. The number of carbonyl (C=O) groups is 2. The molecule has 0 fully saturated rings. The topological polar surface area (TPSA) is 89.6 Å². The van der Waals surface area contributed by atoms with E-state index in [0.717, 1.165) is 0 Å². The third kappa shape index (κ3) is 4.69. The maximum atomic E-state index is 13.3. The first-order valence-corrected chi connectivity index (χ1v) is 6.20. The highest BCUT2D eigenvalue weighted by molar-refractivity contribution is 5.85. The van der Waals surface area contributed by atoms with Gasteiger partial charge in [0.15, 0.2) is 23.2 Å². The van der Waals surface area contributed by atoms with Crippen molar-refractivity contribution in [1.82, 2.24) is 0 Å². The summed E-state index contributed by atoms with van der Waals surface area (Å²) in [4.78, 5) is 21.9. The second-order valence-electron chi connectivity index (χ2n) is 4.44. The van der Waals surface area contributed by atoms with Crippen LogP contribution >= 0.6 is 0 Å². The number of carboxylic acids is 1. The van der Waals surface area contributed by atoms with Gasteiger partial charge in [0.05, 0.1) is 6.04 Å². The lowest BCUT2D eigenvalue weighted by atomic mass is 10.1. The molecule has 0 saturated carbocycles. The Bertz CT molecular complexity index is 553. The Morgan fingerprint density at radius 3 is 2.23 bits per heavy atom. The molecule has 0 saturated heterocycles. The third-order valence-electron chi connectivity index (χ3n) is 2.75. The highest BCUT2D eigenvalue weighted by Crippen LogP contribution is 2.26. The summed E-state index contributed by atoms with van der Waals surface area (Å²) in [7, 11) is 0. The molecule has 0 heterocycles. The SMILES string of the molecule is NC(CCCC(=O)O)C(=O)COc1c(F)c(F)cc(F)c1F. The van der Waals surface area contributed by atoms with Gasteiger partial charge >= 0.3 is 5.97 Å². The predicted molar refractivity (Wildman–Crippen MR) is 66.2 cm³/mol. The number of ether oxygens (including phenoxy) is 1. The van der Waals surface area contributed by atoms with Crippen LogP contribution in [0, 0.1) is 23.3 Å². The van der Waals surface area contributed by atoms with E-state index in [1.54, 1.807) is 0 Å². The molecular formula is C13H13F4NO4. The lowest BCUT2D eigenvalue weighted by molar-refractivity contribution is -0.137. The average molecular weight is 323 g/mol. The molecule has 1 aromatic carbocycles. The first-order chi connectivity index (χ1) is 10.2. The van der Waals surface area contributed by atoms with Gasteiger partial charge in [-0.25, -0.2) is 8.78 Å². The van der Waals surface area contributed by atoms with Crippen molar-refractivity contribution in [3.63, 3.8) is 0 Å². The largest absolute Gasteiger partial charge is 0.481 e. The smallest absolute Gasteiger partial charge is 0.303 e. The van der Waals surface area contributed by atoms with E-state index in [4.69, 9.17) is 10.8 Å². The summed E-state index contributed by atoms with van der Waals surface area (Å²) in [5.74, 6) is -10.0. The minimum absolute atomic E-state index is 0.0109. The summed E-state index contributed by atoms with van der Waals surface area (Å²) < 4.78 is 56.8. The van der Waals surface area contributed by atoms with Gasteiger partial charge in [0.2, 0.25) is 11.6 Å². The molecule has 0 aliphatic carbocycles. The molecule has 22 heavy (non-hydrogen) atoms. The zero-order valence-corrected chi connectivity index (χ0v) is 11.2. The summed E-state index contributed by atoms with van der Waals surface area (Å²) in [5.41, 5.74) is 5.45. The van der Waals surface area contributed by atoms with E-state index < -0.39 is 53.4 Å². The fraction of sp³-hybridized carbons (Fsp3) is 0.385. The quantitative estimate of drug-likeness (QED) is 0.562. The molecule has 0 amide bonds. The number of rotatable bonds is 8. The number of aliphatic carboxylic acids is 1. The molecule has 0 aromatic heterocycles. The van der Waals surface area contributed by atoms with Crippen LogP contribution in [0.1, 0.15) is 19.3 Å². The number of carboxylic acid groups (broad SMARTS) is 1. The second kappa shape index (κ2) is 7.74. The minimum Gasteiger partial charge on any atom is -0.481 e. The number of carbonyl (C=O) groups excluding carboxylic acids is 1. The lowest BCUT2D eigenvalue weighted by Gasteiger charge is -2.12. The molecule has 122 valence electrons. The summed E-state index contributed by atoms with van der Waals surface area (Å²) in [5, 5.41) is 8.43. The fourth-order valence-corrected chi connectivity index (χ4v) is 1.56. The second-order valence-corrected chi connectivity index (χ2v) is 4.44. The van der Waals surface area contributed by atoms with Crippen LogP contribution in [0.15, 0.2) is 6.07 Å². The number of hydrogen-bond donors (Lipinski definition) is 2. The molecule has 0 spiro atoms. The average Bonchev–Trinajstić information content (AvgIpc) is 2.44. The van der Waals surface area contributed by atoms with Crippen LogP contribution in [0.5, 0.6) is 5.75 Å². The van der Waals surface area contributed by atoms with E-state index in [2.05, 4.69) is 4.74 Å². The molecule has 0 aliphatic rings. The molecule has 1 aromatic rings. The number of nitrogens with two attached hydrogens (primary N) is 1. The molecule has 1 unspecified atom stereocenters. The fourth-order valence-electron chi connectivity index (χ4n) is 1.56. The van der Waals surface area contributed by atoms with Gasteiger partial charge in [-0.3, -0.25) is 9.59 Å². The van der Waals surface area contributed by atoms with Gasteiger partial charge in [-0.2, -0.15) is 8.78 Å². The number of benzene rings is 1. The highest BCUT2D eigenvalue weighted by atomic mass is 19.2. The summed E-state index contributed by atoms with van der Waals surface area (Å²) >= 11 is 0. The molecule has 0 radical (unpaired) electrons. The number of Topliss-reactive ketones (excluding diaryl/α,β-unsaturated/α-hetero) is 1. The molecule has 5 nitrogen and oxygen atoms in total. The van der Waals surface area contributed by atoms with Crippen LogP contribution in [-0.4, -0.2) is 29.5 Å². The maximum Gasteiger partial charge on any atom is 0.303 e. The standard InChI is InChI=1S/C13H13F4NO4/c14-6-4-7(15)12(17)13(11(6)16)22-5-9(19)8(18)2-1-3-10(20)21/h4,8H,1-3,5,18H2,(H,20,21). The van der Waals surface area contributed by atoms with Crippen LogP contribution in [0.4, 0.5) is 17.6 Å². The van der Waals surface area contributed by atoms with E-state index in [9.17, 15) is 27.2 Å². The first kappa shape index (κ1) is 17.9. The van der Waals surface area contributed by atoms with Crippen molar-refractivity contribution >= 4 is 11.8 Å². The Hall–Kier alpha value is -2.16. The van der Waals surface area contributed by atoms with Gasteiger partial charge in [0.1, 0.15) is 6.61 Å². The zero-order chi connectivity index (χ0) is 16.9. The van der Waals surface area contributed by atoms with Gasteiger partial charge < -0.3 is 15.6 Å². The summed E-state index contributed by atoms with van der Waals surface area (Å²) in [6.07, 6.45) is -0.0449. The van der Waals surface area contributed by atoms with Crippen LogP contribution in [-0.2, 0) is 9.59 Å². The Balaban J connectivity index is 2.63. The Morgan fingerprint density at radius 1 is 1.18 bits per heavy atom. The third-order valence-corrected chi connectivity index (χ3v) is 2.75. The van der Waals surface area contributed by atoms with E-state index >= 15 is 0 Å². The molecule has 1 atom stereocenters. The lowest BCUT2D eigenvalue weighted by Crippen LogP contribution is -2.34. The summed E-state index contributed by atoms with van der Waals surface area (Å²) in [6.45, 7) is -0.898. The highest BCUT2D eigenvalue weighted by Gasteiger charge is 2.22. The van der Waals surface area contributed by atoms with Gasteiger partial charge in [-0.1, -0.05) is 0 Å². The van der Waals surface area contributed by atoms with Crippen molar-refractivity contribution in [3.8, 4) is 5.75 Å². The van der Waals surface area contributed by atoms with Crippen LogP contribution in [0.2, 0.25) is 0 Å². The van der Waals surface area contributed by atoms with Gasteiger partial charge in [0, 0.05) is 12.5 Å². The van der Waals surface area contributed by atoms with Crippen molar-refractivity contribution in [1.29, 1.82) is 0 Å². The van der Waals surface area contributed by atoms with Crippen molar-refractivity contribution in [3.05, 3.63) is 29.3 Å². The van der Waals surface area contributed by atoms with Crippen LogP contribution < -0.4 is 10.5 Å². The molecule has 1 rings (SSSR count). The number of hydrogen-bond acceptors (Lipinski definition) is 4. The van der Waals surface area contributed by atoms with Crippen LogP contribution in [0.3, 0.4) is 0 Å². The molecule has 9 heteroatoms. The predicted octanol–water partition coefficient (Wildman–Crippen LogP) is 1.77. The summed E-state index contributed by atoms with van der Waals surface area (Å²) in [6, 6.07) is -1.10. The molecule has 3 N–H and O–H groups in total. The Kier molecular flexibility index (Phi) is 6.29. The van der Waals surface area contributed by atoms with E-state index in [1.165, 1.54) is 0 Å². The Morgan fingerprint density at radius 2 is 1.73 bits per heavy atom. The number of ketones is 1. The Labute approximate surface area is 122 Å². The van der Waals surface area contributed by atoms with Crippen LogP contribution in [0.25, 0.3) is 0 Å². The van der Waals surface area contributed by atoms with E-state index in [-0.39, 0.29) is 25.3 Å². The van der Waals surface area contributed by atoms with Crippen molar-refractivity contribution < 1.29 is 37.0 Å². The molecule has 0 aliphatic heterocycles. The van der Waals surface area contributed by atoms with E-state index in [0.29, 0.717) is 0 Å². The molecular weight excluding hydrogens is 310 g/mol. The zero-order valence-electron chi connectivity index (χ0n) is 11.2. The monoisotopic (exact) mass is 323 g/mol. The van der Waals surface area contributed by atoms with Gasteiger partial charge in [-0.15, -0.1) is 0 Å². The molecule has 0 bridgehead atoms. The number of halogens is 4.